The fraction of sp³-hybridized carbons (Fsp3) is 0.333. The molecule has 20 heavy (non-hydrogen) atoms. The van der Waals surface area contributed by atoms with Crippen molar-refractivity contribution in [1.29, 1.82) is 0 Å². The summed E-state index contributed by atoms with van der Waals surface area (Å²) < 4.78 is 7.22. The molecule has 2 rings (SSSR count). The predicted octanol–water partition coefficient (Wildman–Crippen LogP) is 5.92. The summed E-state index contributed by atoms with van der Waals surface area (Å²) >= 11 is 2.33. The van der Waals surface area contributed by atoms with Crippen LogP contribution in [0.4, 0.5) is 0 Å². The number of hydrogen-bond donors (Lipinski definition) is 0. The average molecular weight is 380 g/mol. The summed E-state index contributed by atoms with van der Waals surface area (Å²) in [5.74, 6) is 0.991. The number of halogens is 1. The third-order valence-corrected chi connectivity index (χ3v) is 4.02. The highest BCUT2D eigenvalue weighted by atomic mass is 127. The Labute approximate surface area is 135 Å². The van der Waals surface area contributed by atoms with Crippen molar-refractivity contribution >= 4 is 22.6 Å². The van der Waals surface area contributed by atoms with Crippen molar-refractivity contribution < 1.29 is 4.74 Å². The molecule has 0 aliphatic heterocycles. The zero-order valence-corrected chi connectivity index (χ0v) is 14.1. The van der Waals surface area contributed by atoms with Gasteiger partial charge >= 0.3 is 0 Å². The smallest absolute Gasteiger partial charge is 0.127 e. The molecule has 0 radical (unpaired) electrons. The van der Waals surface area contributed by atoms with Crippen LogP contribution in [-0.2, 0) is 0 Å². The SMILES string of the molecule is CCCCCCOc1ccccc1-c1ccc(I)cc1. The Bertz CT molecular complexity index is 519. The first kappa shape index (κ1) is 15.4. The number of unbranched alkanes of at least 4 members (excludes halogenated alkanes) is 3. The molecule has 0 atom stereocenters. The fourth-order valence-electron chi connectivity index (χ4n) is 2.17. The second-order valence-electron chi connectivity index (χ2n) is 4.91. The molecule has 0 aromatic heterocycles. The second kappa shape index (κ2) is 8.30. The molecule has 2 aromatic rings. The van der Waals surface area contributed by atoms with Gasteiger partial charge in [0.2, 0.25) is 0 Å². The molecule has 0 spiro atoms. The van der Waals surface area contributed by atoms with Gasteiger partial charge in [-0.25, -0.2) is 0 Å². The maximum atomic E-state index is 5.97. The van der Waals surface area contributed by atoms with Crippen LogP contribution in [0.15, 0.2) is 48.5 Å². The Morgan fingerprint density at radius 3 is 2.40 bits per heavy atom. The van der Waals surface area contributed by atoms with Gasteiger partial charge in [-0.15, -0.1) is 0 Å². The van der Waals surface area contributed by atoms with E-state index in [4.69, 9.17) is 4.74 Å². The second-order valence-corrected chi connectivity index (χ2v) is 6.16. The van der Waals surface area contributed by atoms with Crippen molar-refractivity contribution in [1.82, 2.24) is 0 Å². The lowest BCUT2D eigenvalue weighted by Crippen LogP contribution is -1.98. The van der Waals surface area contributed by atoms with Crippen molar-refractivity contribution in [2.75, 3.05) is 6.61 Å². The zero-order chi connectivity index (χ0) is 14.2. The van der Waals surface area contributed by atoms with Gasteiger partial charge in [-0.3, -0.25) is 0 Å². The summed E-state index contributed by atoms with van der Waals surface area (Å²) in [6.07, 6.45) is 4.94. The third kappa shape index (κ3) is 4.51. The third-order valence-electron chi connectivity index (χ3n) is 3.30. The van der Waals surface area contributed by atoms with Gasteiger partial charge in [-0.2, -0.15) is 0 Å². The van der Waals surface area contributed by atoms with E-state index in [2.05, 4.69) is 72.0 Å². The first-order chi connectivity index (χ1) is 9.81. The van der Waals surface area contributed by atoms with Gasteiger partial charge in [0.05, 0.1) is 6.61 Å². The minimum atomic E-state index is 0.807. The summed E-state index contributed by atoms with van der Waals surface area (Å²) in [6, 6.07) is 16.9. The summed E-state index contributed by atoms with van der Waals surface area (Å²) in [7, 11) is 0. The van der Waals surface area contributed by atoms with Gasteiger partial charge in [0.15, 0.2) is 0 Å². The highest BCUT2D eigenvalue weighted by Crippen LogP contribution is 2.30. The van der Waals surface area contributed by atoms with Crippen LogP contribution in [0.5, 0.6) is 5.75 Å². The van der Waals surface area contributed by atoms with Gasteiger partial charge < -0.3 is 4.74 Å². The maximum absolute atomic E-state index is 5.97. The predicted molar refractivity (Wildman–Crippen MR) is 94.2 cm³/mol. The van der Waals surface area contributed by atoms with Crippen molar-refractivity contribution in [3.8, 4) is 16.9 Å². The van der Waals surface area contributed by atoms with E-state index in [1.54, 1.807) is 0 Å². The van der Waals surface area contributed by atoms with Gasteiger partial charge in [0, 0.05) is 9.13 Å². The molecular formula is C18H21IO. The number of ether oxygens (including phenoxy) is 1. The Kier molecular flexibility index (Phi) is 6.37. The van der Waals surface area contributed by atoms with Crippen LogP contribution in [0.3, 0.4) is 0 Å². The molecule has 1 nitrogen and oxygen atoms in total. The minimum Gasteiger partial charge on any atom is -0.493 e. The van der Waals surface area contributed by atoms with Crippen molar-refractivity contribution in [2.45, 2.75) is 32.6 Å². The largest absolute Gasteiger partial charge is 0.493 e. The number of benzene rings is 2. The van der Waals surface area contributed by atoms with Gasteiger partial charge in [0.1, 0.15) is 5.75 Å². The first-order valence-corrected chi connectivity index (χ1v) is 8.37. The van der Waals surface area contributed by atoms with Crippen LogP contribution in [0, 0.1) is 3.57 Å². The van der Waals surface area contributed by atoms with E-state index in [0.29, 0.717) is 0 Å². The lowest BCUT2D eigenvalue weighted by atomic mass is 10.1. The number of hydrogen-bond acceptors (Lipinski definition) is 1. The molecule has 0 saturated carbocycles. The molecule has 0 aliphatic carbocycles. The molecule has 2 aromatic carbocycles. The molecule has 106 valence electrons. The van der Waals surface area contributed by atoms with Crippen molar-refractivity contribution in [2.24, 2.45) is 0 Å². The Morgan fingerprint density at radius 1 is 0.900 bits per heavy atom. The van der Waals surface area contributed by atoms with E-state index in [9.17, 15) is 0 Å². The lowest BCUT2D eigenvalue weighted by molar-refractivity contribution is 0.306. The number of rotatable bonds is 7. The molecule has 0 unspecified atom stereocenters. The lowest BCUT2D eigenvalue weighted by Gasteiger charge is -2.11. The van der Waals surface area contributed by atoms with Crippen LogP contribution in [0.25, 0.3) is 11.1 Å². The summed E-state index contributed by atoms with van der Waals surface area (Å²) in [6.45, 7) is 3.04. The summed E-state index contributed by atoms with van der Waals surface area (Å²) in [5, 5.41) is 0. The van der Waals surface area contributed by atoms with Crippen LogP contribution >= 0.6 is 22.6 Å². The molecule has 0 heterocycles. The van der Waals surface area contributed by atoms with Crippen LogP contribution in [0.2, 0.25) is 0 Å². The molecule has 0 N–H and O–H groups in total. The van der Waals surface area contributed by atoms with Gasteiger partial charge in [-0.1, -0.05) is 56.5 Å². The zero-order valence-electron chi connectivity index (χ0n) is 11.9. The minimum absolute atomic E-state index is 0.807. The Hall–Kier alpha value is -1.03. The van der Waals surface area contributed by atoms with E-state index in [1.165, 1.54) is 34.0 Å². The van der Waals surface area contributed by atoms with Gasteiger partial charge in [0.25, 0.3) is 0 Å². The monoisotopic (exact) mass is 380 g/mol. The van der Waals surface area contributed by atoms with Crippen LogP contribution < -0.4 is 4.74 Å². The van der Waals surface area contributed by atoms with E-state index in [-0.39, 0.29) is 0 Å². The molecule has 0 amide bonds. The molecule has 0 fully saturated rings. The normalized spacial score (nSPS) is 10.5. The maximum Gasteiger partial charge on any atom is 0.127 e. The standard InChI is InChI=1S/C18H21IO/c1-2-3-4-7-14-20-18-9-6-5-8-17(18)15-10-12-16(19)13-11-15/h5-6,8-13H,2-4,7,14H2,1H3. The summed E-state index contributed by atoms with van der Waals surface area (Å²) in [4.78, 5) is 0. The highest BCUT2D eigenvalue weighted by Gasteiger charge is 2.05. The molecule has 0 saturated heterocycles. The summed E-state index contributed by atoms with van der Waals surface area (Å²) in [5.41, 5.74) is 2.40. The quantitative estimate of drug-likeness (QED) is 0.428. The van der Waals surface area contributed by atoms with Crippen molar-refractivity contribution in [3.05, 3.63) is 52.1 Å². The Balaban J connectivity index is 2.04. The van der Waals surface area contributed by atoms with E-state index >= 15 is 0 Å². The molecule has 0 bridgehead atoms. The van der Waals surface area contributed by atoms with Crippen LogP contribution in [0.1, 0.15) is 32.6 Å². The Morgan fingerprint density at radius 2 is 1.65 bits per heavy atom. The van der Waals surface area contributed by atoms with Crippen molar-refractivity contribution in [3.63, 3.8) is 0 Å². The molecule has 2 heteroatoms. The molecular weight excluding hydrogens is 359 g/mol. The topological polar surface area (TPSA) is 9.23 Å². The number of para-hydroxylation sites is 1. The molecule has 0 aliphatic rings. The highest BCUT2D eigenvalue weighted by molar-refractivity contribution is 14.1. The van der Waals surface area contributed by atoms with E-state index < -0.39 is 0 Å². The van der Waals surface area contributed by atoms with E-state index in [1.807, 2.05) is 6.07 Å². The van der Waals surface area contributed by atoms with Gasteiger partial charge in [-0.05, 0) is 52.8 Å². The van der Waals surface area contributed by atoms with Crippen LogP contribution in [-0.4, -0.2) is 6.61 Å². The first-order valence-electron chi connectivity index (χ1n) is 7.29. The van der Waals surface area contributed by atoms with E-state index in [0.717, 1.165) is 18.8 Å². The fourth-order valence-corrected chi connectivity index (χ4v) is 2.53. The average Bonchev–Trinajstić information content (AvgIpc) is 2.48.